The molecule has 0 spiro atoms. The van der Waals surface area contributed by atoms with E-state index in [1.165, 1.54) is 26.2 Å². The third-order valence-corrected chi connectivity index (χ3v) is 8.70. The molecule has 228 valence electrons. The number of carbonyl (C=O) groups excluding carboxylic acids is 2. The second-order valence-electron chi connectivity index (χ2n) is 11.1. The lowest BCUT2D eigenvalue weighted by Gasteiger charge is -2.31. The normalized spacial score (nSPS) is 14.5. The summed E-state index contributed by atoms with van der Waals surface area (Å²) in [5, 5.41) is 8.08. The van der Waals surface area contributed by atoms with Gasteiger partial charge in [0, 0.05) is 42.8 Å². The smallest absolute Gasteiger partial charge is 0.337 e. The van der Waals surface area contributed by atoms with E-state index in [0.717, 1.165) is 9.99 Å². The summed E-state index contributed by atoms with van der Waals surface area (Å²) in [6.45, 7) is 10.6. The van der Waals surface area contributed by atoms with Crippen LogP contribution in [0.2, 0.25) is 0 Å². The SMILES string of the molecule is CC1=C(C(=O)OC(C)C)C(c2cn(-c3ccccc3)nc2-c2ccc(S(=O)(=O)N(C)C)cc2)C(C(=O)OC(C)C)=C(C)N1. The number of allylic oxidation sites excluding steroid dienone is 2. The Morgan fingerprint density at radius 3 is 1.84 bits per heavy atom. The Bertz CT molecular complexity index is 1640. The van der Waals surface area contributed by atoms with E-state index in [1.54, 1.807) is 64.6 Å². The molecular formula is C32H38N4O6S. The van der Waals surface area contributed by atoms with Crippen LogP contribution in [0.4, 0.5) is 0 Å². The van der Waals surface area contributed by atoms with Gasteiger partial charge < -0.3 is 14.8 Å². The first-order valence-corrected chi connectivity index (χ1v) is 15.4. The molecule has 4 rings (SSSR count). The Kier molecular flexibility index (Phi) is 9.26. The molecule has 43 heavy (non-hydrogen) atoms. The number of dihydropyridines is 1. The summed E-state index contributed by atoms with van der Waals surface area (Å²) in [4.78, 5) is 27.4. The fourth-order valence-corrected chi connectivity index (χ4v) is 5.83. The molecule has 1 aliphatic heterocycles. The van der Waals surface area contributed by atoms with Crippen molar-refractivity contribution >= 4 is 22.0 Å². The summed E-state index contributed by atoms with van der Waals surface area (Å²) < 4.78 is 39.6. The van der Waals surface area contributed by atoms with Gasteiger partial charge in [-0.2, -0.15) is 5.10 Å². The predicted molar refractivity (Wildman–Crippen MR) is 164 cm³/mol. The van der Waals surface area contributed by atoms with Crippen LogP contribution >= 0.6 is 0 Å². The van der Waals surface area contributed by atoms with Gasteiger partial charge in [-0.3, -0.25) is 0 Å². The molecule has 1 aliphatic rings. The van der Waals surface area contributed by atoms with Crippen molar-refractivity contribution in [2.45, 2.75) is 64.6 Å². The molecule has 1 N–H and O–H groups in total. The molecule has 0 unspecified atom stereocenters. The Labute approximate surface area is 253 Å². The zero-order valence-electron chi connectivity index (χ0n) is 25.7. The number of nitrogens with zero attached hydrogens (tertiary/aromatic N) is 3. The van der Waals surface area contributed by atoms with E-state index in [-0.39, 0.29) is 16.0 Å². The second kappa shape index (κ2) is 12.6. The van der Waals surface area contributed by atoms with Crippen molar-refractivity contribution in [2.24, 2.45) is 0 Å². The number of rotatable bonds is 9. The number of esters is 2. The highest BCUT2D eigenvalue weighted by atomic mass is 32.2. The van der Waals surface area contributed by atoms with Crippen molar-refractivity contribution in [3.8, 4) is 16.9 Å². The Morgan fingerprint density at radius 2 is 1.37 bits per heavy atom. The summed E-state index contributed by atoms with van der Waals surface area (Å²) in [6.07, 6.45) is 0.991. The largest absolute Gasteiger partial charge is 0.460 e. The minimum absolute atomic E-state index is 0.126. The van der Waals surface area contributed by atoms with Crippen LogP contribution in [0.15, 0.2) is 88.2 Å². The van der Waals surface area contributed by atoms with E-state index in [4.69, 9.17) is 14.6 Å². The van der Waals surface area contributed by atoms with Crippen molar-refractivity contribution < 1.29 is 27.5 Å². The number of sulfonamides is 1. The molecule has 0 amide bonds. The maximum atomic E-state index is 13.6. The van der Waals surface area contributed by atoms with Gasteiger partial charge in [0.15, 0.2) is 0 Å². The highest BCUT2D eigenvalue weighted by Crippen LogP contribution is 2.43. The van der Waals surface area contributed by atoms with Gasteiger partial charge in [-0.1, -0.05) is 30.3 Å². The maximum Gasteiger partial charge on any atom is 0.337 e. The highest BCUT2D eigenvalue weighted by Gasteiger charge is 2.41. The van der Waals surface area contributed by atoms with Gasteiger partial charge in [0.05, 0.1) is 45.5 Å². The number of carbonyl (C=O) groups is 2. The molecule has 0 fully saturated rings. The maximum absolute atomic E-state index is 13.6. The van der Waals surface area contributed by atoms with Crippen molar-refractivity contribution in [1.29, 1.82) is 0 Å². The van der Waals surface area contributed by atoms with E-state index in [0.29, 0.717) is 28.2 Å². The number of para-hydroxylation sites is 1. The molecule has 2 aromatic carbocycles. The number of benzene rings is 2. The number of hydrogen-bond acceptors (Lipinski definition) is 8. The van der Waals surface area contributed by atoms with Crippen LogP contribution in [0.1, 0.15) is 53.0 Å². The van der Waals surface area contributed by atoms with Crippen LogP contribution in [0.3, 0.4) is 0 Å². The van der Waals surface area contributed by atoms with Crippen LogP contribution in [0.5, 0.6) is 0 Å². The molecule has 0 aliphatic carbocycles. The second-order valence-corrected chi connectivity index (χ2v) is 13.2. The zero-order valence-corrected chi connectivity index (χ0v) is 26.5. The summed E-state index contributed by atoms with van der Waals surface area (Å²) in [6, 6.07) is 15.8. The molecule has 0 bridgehead atoms. The molecule has 0 radical (unpaired) electrons. The summed E-state index contributed by atoms with van der Waals surface area (Å²) in [5.41, 5.74) is 3.99. The van der Waals surface area contributed by atoms with Gasteiger partial charge in [0.1, 0.15) is 0 Å². The van der Waals surface area contributed by atoms with E-state index >= 15 is 0 Å². The van der Waals surface area contributed by atoms with Gasteiger partial charge in [-0.15, -0.1) is 0 Å². The number of ether oxygens (including phenoxy) is 2. The Hall–Kier alpha value is -4.22. The molecule has 11 heteroatoms. The van der Waals surface area contributed by atoms with Crippen molar-refractivity contribution in [3.05, 3.63) is 88.9 Å². The van der Waals surface area contributed by atoms with Gasteiger partial charge in [0.25, 0.3) is 0 Å². The molecular weight excluding hydrogens is 568 g/mol. The first kappa shape index (κ1) is 31.7. The van der Waals surface area contributed by atoms with Crippen LogP contribution in [-0.4, -0.2) is 60.7 Å². The van der Waals surface area contributed by atoms with Crippen LogP contribution in [0.25, 0.3) is 16.9 Å². The lowest BCUT2D eigenvalue weighted by atomic mass is 9.79. The fraction of sp³-hybridized carbons (Fsp3) is 0.344. The third-order valence-electron chi connectivity index (χ3n) is 6.87. The van der Waals surface area contributed by atoms with E-state index in [9.17, 15) is 18.0 Å². The highest BCUT2D eigenvalue weighted by molar-refractivity contribution is 7.89. The molecule has 0 saturated carbocycles. The molecule has 1 aromatic heterocycles. The molecule has 10 nitrogen and oxygen atoms in total. The van der Waals surface area contributed by atoms with Crippen molar-refractivity contribution in [3.63, 3.8) is 0 Å². The third kappa shape index (κ3) is 6.57. The standard InChI is InChI=1S/C32H38N4O6S/c1-19(2)41-31(37)27-21(5)33-22(6)28(32(38)42-20(3)4)29(27)26-18-36(24-12-10-9-11-13-24)34-30(26)23-14-16-25(17-15-23)43(39,40)35(7)8/h9-20,29,33H,1-8H3. The minimum Gasteiger partial charge on any atom is -0.460 e. The lowest BCUT2D eigenvalue weighted by molar-refractivity contribution is -0.143. The fourth-order valence-electron chi connectivity index (χ4n) is 4.93. The van der Waals surface area contributed by atoms with Gasteiger partial charge in [-0.05, 0) is 65.8 Å². The van der Waals surface area contributed by atoms with Gasteiger partial charge >= 0.3 is 11.9 Å². The molecule has 3 aromatic rings. The van der Waals surface area contributed by atoms with Crippen LogP contribution in [-0.2, 0) is 29.1 Å². The minimum atomic E-state index is -3.66. The van der Waals surface area contributed by atoms with Gasteiger partial charge in [0.2, 0.25) is 10.0 Å². The number of aromatic nitrogens is 2. The molecule has 0 atom stereocenters. The Morgan fingerprint density at radius 1 is 0.860 bits per heavy atom. The predicted octanol–water partition coefficient (Wildman–Crippen LogP) is 4.93. The summed E-state index contributed by atoms with van der Waals surface area (Å²) in [5.74, 6) is -2.03. The summed E-state index contributed by atoms with van der Waals surface area (Å²) >= 11 is 0. The van der Waals surface area contributed by atoms with Crippen molar-refractivity contribution in [1.82, 2.24) is 19.4 Å². The zero-order chi connectivity index (χ0) is 31.6. The van der Waals surface area contributed by atoms with Crippen LogP contribution in [0, 0.1) is 0 Å². The van der Waals surface area contributed by atoms with Crippen LogP contribution < -0.4 is 5.32 Å². The van der Waals surface area contributed by atoms with Crippen molar-refractivity contribution in [2.75, 3.05) is 14.1 Å². The van der Waals surface area contributed by atoms with E-state index in [2.05, 4.69) is 5.32 Å². The first-order chi connectivity index (χ1) is 20.2. The molecule has 0 saturated heterocycles. The lowest BCUT2D eigenvalue weighted by Crippen LogP contribution is -2.33. The molecule has 2 heterocycles. The van der Waals surface area contributed by atoms with E-state index in [1.807, 2.05) is 30.3 Å². The summed E-state index contributed by atoms with van der Waals surface area (Å²) in [7, 11) is -0.718. The number of nitrogens with one attached hydrogen (secondary N) is 1. The quantitative estimate of drug-likeness (QED) is 0.341. The Balaban J connectivity index is 2.00. The average molecular weight is 607 g/mol. The van der Waals surface area contributed by atoms with E-state index < -0.39 is 40.1 Å². The first-order valence-electron chi connectivity index (χ1n) is 14.0. The topological polar surface area (TPSA) is 120 Å². The van der Waals surface area contributed by atoms with Gasteiger partial charge in [-0.25, -0.2) is 27.0 Å². The average Bonchev–Trinajstić information content (AvgIpc) is 3.37. The monoisotopic (exact) mass is 606 g/mol. The number of hydrogen-bond donors (Lipinski definition) is 1.